The van der Waals surface area contributed by atoms with Crippen LogP contribution in [0.2, 0.25) is 0 Å². The first-order chi connectivity index (χ1) is 15.3. The first kappa shape index (κ1) is 20.9. The van der Waals surface area contributed by atoms with Crippen LogP contribution in [-0.2, 0) is 11.2 Å². The topological polar surface area (TPSA) is 50.1 Å². The molecule has 1 saturated heterocycles. The van der Waals surface area contributed by atoms with Gasteiger partial charge in [-0.25, -0.2) is 13.8 Å². The zero-order valence-corrected chi connectivity index (χ0v) is 18.4. The van der Waals surface area contributed by atoms with Gasteiger partial charge in [0.15, 0.2) is 0 Å². The van der Waals surface area contributed by atoms with Crippen LogP contribution in [0.15, 0.2) is 35.3 Å². The van der Waals surface area contributed by atoms with Crippen molar-refractivity contribution in [1.29, 1.82) is 0 Å². The van der Waals surface area contributed by atoms with Gasteiger partial charge in [-0.3, -0.25) is 9.20 Å². The summed E-state index contributed by atoms with van der Waals surface area (Å²) >= 11 is 0. The Morgan fingerprint density at radius 3 is 2.66 bits per heavy atom. The molecule has 2 unspecified atom stereocenters. The Morgan fingerprint density at radius 1 is 1.16 bits per heavy atom. The minimum atomic E-state index is -0.592. The Hall–Kier alpha value is -3.00. The molecule has 2 aromatic heterocycles. The summed E-state index contributed by atoms with van der Waals surface area (Å²) in [6.07, 6.45) is 2.28. The van der Waals surface area contributed by atoms with Gasteiger partial charge in [-0.15, -0.1) is 0 Å². The molecule has 0 N–H and O–H groups in total. The van der Waals surface area contributed by atoms with Crippen LogP contribution in [0.3, 0.4) is 0 Å². The molecule has 168 valence electrons. The minimum absolute atomic E-state index is 0.0222. The Labute approximate surface area is 185 Å². The molecule has 4 heterocycles. The van der Waals surface area contributed by atoms with Crippen LogP contribution >= 0.6 is 0 Å². The van der Waals surface area contributed by atoms with Gasteiger partial charge in [-0.2, -0.15) is 0 Å². The summed E-state index contributed by atoms with van der Waals surface area (Å²) in [5, 5.41) is 0. The number of benzene rings is 1. The van der Waals surface area contributed by atoms with E-state index in [0.717, 1.165) is 17.2 Å². The summed E-state index contributed by atoms with van der Waals surface area (Å²) in [5.41, 5.74) is 3.27. The largest absolute Gasteiger partial charge is 0.378 e. The first-order valence-corrected chi connectivity index (χ1v) is 11.0. The van der Waals surface area contributed by atoms with Gasteiger partial charge in [0.25, 0.3) is 5.56 Å². The van der Waals surface area contributed by atoms with Crippen LogP contribution in [0.4, 0.5) is 20.3 Å². The molecule has 2 aliphatic rings. The molecular weight excluding hydrogens is 414 g/mol. The van der Waals surface area contributed by atoms with E-state index < -0.39 is 11.6 Å². The number of hydrogen-bond acceptors (Lipinski definition) is 5. The average Bonchev–Trinajstić information content (AvgIpc) is 3.10. The SMILES string of the molecule is Cc1cc(C(C)N2c3cc(F)cc(F)c3CC2C)c2nc(N3CCOCC3)cc(=O)n2c1. The van der Waals surface area contributed by atoms with Gasteiger partial charge in [0.1, 0.15) is 23.1 Å². The van der Waals surface area contributed by atoms with Crippen molar-refractivity contribution in [2.24, 2.45) is 0 Å². The van der Waals surface area contributed by atoms with Crippen molar-refractivity contribution in [3.05, 3.63) is 69.1 Å². The number of aromatic nitrogens is 2. The molecule has 0 radical (unpaired) electrons. The van der Waals surface area contributed by atoms with Crippen molar-refractivity contribution >= 4 is 17.2 Å². The lowest BCUT2D eigenvalue weighted by Crippen LogP contribution is -2.38. The van der Waals surface area contributed by atoms with Crippen LogP contribution in [0, 0.1) is 18.6 Å². The van der Waals surface area contributed by atoms with E-state index in [0.29, 0.717) is 55.4 Å². The molecule has 1 fully saturated rings. The van der Waals surface area contributed by atoms with Gasteiger partial charge in [0, 0.05) is 54.3 Å². The molecular formula is C24H26F2N4O2. The number of anilines is 2. The number of ether oxygens (including phenoxy) is 1. The summed E-state index contributed by atoms with van der Waals surface area (Å²) in [6.45, 7) is 8.47. The zero-order chi connectivity index (χ0) is 22.6. The fraction of sp³-hybridized carbons (Fsp3) is 0.417. The molecule has 0 spiro atoms. The van der Waals surface area contributed by atoms with Gasteiger partial charge in [-0.1, -0.05) is 0 Å². The minimum Gasteiger partial charge on any atom is -0.378 e. The van der Waals surface area contributed by atoms with E-state index in [2.05, 4.69) is 4.90 Å². The van der Waals surface area contributed by atoms with Crippen molar-refractivity contribution < 1.29 is 13.5 Å². The second kappa shape index (κ2) is 7.85. The molecule has 0 saturated carbocycles. The molecule has 2 aliphatic heterocycles. The third kappa shape index (κ3) is 3.43. The summed E-state index contributed by atoms with van der Waals surface area (Å²) in [6, 6.07) is 5.65. The smallest absolute Gasteiger partial charge is 0.259 e. The lowest BCUT2D eigenvalue weighted by atomic mass is 10.0. The Kier molecular flexibility index (Phi) is 5.12. The fourth-order valence-corrected chi connectivity index (χ4v) is 5.01. The maximum absolute atomic E-state index is 14.5. The van der Waals surface area contributed by atoms with Crippen molar-refractivity contribution in [2.75, 3.05) is 36.1 Å². The maximum atomic E-state index is 14.5. The third-order valence-electron chi connectivity index (χ3n) is 6.50. The highest BCUT2D eigenvalue weighted by Crippen LogP contribution is 2.41. The van der Waals surface area contributed by atoms with Crippen LogP contribution < -0.4 is 15.4 Å². The first-order valence-electron chi connectivity index (χ1n) is 11.0. The Bertz CT molecular complexity index is 1250. The summed E-state index contributed by atoms with van der Waals surface area (Å²) in [4.78, 5) is 21.9. The highest BCUT2D eigenvalue weighted by atomic mass is 19.1. The van der Waals surface area contributed by atoms with E-state index in [1.165, 1.54) is 6.07 Å². The number of aryl methyl sites for hydroxylation is 1. The third-order valence-corrected chi connectivity index (χ3v) is 6.50. The second-order valence-corrected chi connectivity index (χ2v) is 8.74. The van der Waals surface area contributed by atoms with Crippen LogP contribution in [-0.4, -0.2) is 41.7 Å². The number of rotatable bonds is 3. The highest BCUT2D eigenvalue weighted by molar-refractivity contribution is 5.64. The van der Waals surface area contributed by atoms with E-state index in [9.17, 15) is 13.6 Å². The molecule has 0 amide bonds. The fourth-order valence-electron chi connectivity index (χ4n) is 5.01. The van der Waals surface area contributed by atoms with E-state index in [1.807, 2.05) is 31.7 Å². The van der Waals surface area contributed by atoms with Crippen molar-refractivity contribution in [2.45, 2.75) is 39.3 Å². The number of fused-ring (bicyclic) bond motifs is 2. The van der Waals surface area contributed by atoms with Crippen LogP contribution in [0.1, 0.15) is 36.6 Å². The highest BCUT2D eigenvalue weighted by Gasteiger charge is 2.34. The van der Waals surface area contributed by atoms with Crippen LogP contribution in [0.5, 0.6) is 0 Å². The Morgan fingerprint density at radius 2 is 1.91 bits per heavy atom. The molecule has 2 atom stereocenters. The molecule has 0 aliphatic carbocycles. The van der Waals surface area contributed by atoms with E-state index in [-0.39, 0.29) is 17.6 Å². The normalized spacial score (nSPS) is 19.5. The molecule has 3 aromatic rings. The van der Waals surface area contributed by atoms with Crippen molar-refractivity contribution in [3.8, 4) is 0 Å². The van der Waals surface area contributed by atoms with E-state index in [4.69, 9.17) is 9.72 Å². The van der Waals surface area contributed by atoms with E-state index in [1.54, 1.807) is 16.7 Å². The van der Waals surface area contributed by atoms with Gasteiger partial charge in [0.2, 0.25) is 0 Å². The number of pyridine rings is 1. The number of halogens is 2. The van der Waals surface area contributed by atoms with Crippen LogP contribution in [0.25, 0.3) is 5.65 Å². The predicted octanol–water partition coefficient (Wildman–Crippen LogP) is 3.63. The molecule has 1 aromatic carbocycles. The van der Waals surface area contributed by atoms with Gasteiger partial charge in [-0.05, 0) is 44.9 Å². The number of nitrogens with zero attached hydrogens (tertiary/aromatic N) is 4. The van der Waals surface area contributed by atoms with Crippen molar-refractivity contribution in [3.63, 3.8) is 0 Å². The number of hydrogen-bond donors (Lipinski definition) is 0. The molecule has 6 nitrogen and oxygen atoms in total. The predicted molar refractivity (Wildman–Crippen MR) is 120 cm³/mol. The van der Waals surface area contributed by atoms with Crippen molar-refractivity contribution in [1.82, 2.24) is 9.38 Å². The summed E-state index contributed by atoms with van der Waals surface area (Å²) in [5.74, 6) is -0.479. The maximum Gasteiger partial charge on any atom is 0.259 e. The van der Waals surface area contributed by atoms with Gasteiger partial charge in [0.05, 0.1) is 19.3 Å². The number of morpholine rings is 1. The average molecular weight is 440 g/mol. The summed E-state index contributed by atoms with van der Waals surface area (Å²) < 4.78 is 35.5. The molecule has 0 bridgehead atoms. The lowest BCUT2D eigenvalue weighted by Gasteiger charge is -2.33. The molecule has 32 heavy (non-hydrogen) atoms. The molecule has 5 rings (SSSR count). The van der Waals surface area contributed by atoms with Gasteiger partial charge < -0.3 is 14.5 Å². The standard InChI is InChI=1S/C24H26F2N4O2/c1-14-8-18(16(3)30-15(2)9-19-20(26)10-17(25)11-21(19)30)24-27-22(12-23(31)29(24)13-14)28-4-6-32-7-5-28/h8,10-13,15-16H,4-7,9H2,1-3H3. The quantitative estimate of drug-likeness (QED) is 0.623. The molecule has 8 heteroatoms. The lowest BCUT2D eigenvalue weighted by molar-refractivity contribution is 0.122. The second-order valence-electron chi connectivity index (χ2n) is 8.74. The zero-order valence-electron chi connectivity index (χ0n) is 18.4. The van der Waals surface area contributed by atoms with Gasteiger partial charge >= 0.3 is 0 Å². The summed E-state index contributed by atoms with van der Waals surface area (Å²) in [7, 11) is 0. The Balaban J connectivity index is 1.65. The monoisotopic (exact) mass is 440 g/mol. The van der Waals surface area contributed by atoms with E-state index >= 15 is 0 Å².